The summed E-state index contributed by atoms with van der Waals surface area (Å²) in [5.74, 6) is 2.04. The zero-order chi connectivity index (χ0) is 13.5. The van der Waals surface area contributed by atoms with Crippen molar-refractivity contribution in [1.29, 1.82) is 0 Å². The molecule has 102 valence electrons. The van der Waals surface area contributed by atoms with Crippen molar-refractivity contribution in [2.45, 2.75) is 59.9 Å². The van der Waals surface area contributed by atoms with E-state index in [2.05, 4.69) is 44.9 Å². The van der Waals surface area contributed by atoms with Crippen LogP contribution in [-0.2, 0) is 13.0 Å². The molecule has 3 nitrogen and oxygen atoms in total. The van der Waals surface area contributed by atoms with E-state index in [1.807, 2.05) is 6.20 Å². The second-order valence-corrected chi connectivity index (χ2v) is 5.63. The predicted octanol–water partition coefficient (Wildman–Crippen LogP) is 3.30. The zero-order valence-electron chi connectivity index (χ0n) is 12.5. The molecule has 1 rings (SSSR count). The largest absolute Gasteiger partial charge is 0.312 e. The van der Waals surface area contributed by atoms with Crippen LogP contribution in [0.1, 0.15) is 64.0 Å². The molecule has 0 spiro atoms. The molecule has 0 saturated heterocycles. The molecule has 3 heteroatoms. The lowest BCUT2D eigenvalue weighted by molar-refractivity contribution is 0.548. The maximum atomic E-state index is 4.71. The van der Waals surface area contributed by atoms with Crippen LogP contribution in [0.5, 0.6) is 0 Å². The number of hydrogen-bond acceptors (Lipinski definition) is 3. The van der Waals surface area contributed by atoms with Gasteiger partial charge >= 0.3 is 0 Å². The van der Waals surface area contributed by atoms with Crippen LogP contribution < -0.4 is 5.32 Å². The highest BCUT2D eigenvalue weighted by Gasteiger charge is 2.09. The summed E-state index contributed by atoms with van der Waals surface area (Å²) in [7, 11) is 0. The van der Waals surface area contributed by atoms with Crippen LogP contribution >= 0.6 is 0 Å². The molecule has 0 unspecified atom stereocenters. The van der Waals surface area contributed by atoms with E-state index >= 15 is 0 Å². The molecule has 18 heavy (non-hydrogen) atoms. The molecule has 1 N–H and O–H groups in total. The quantitative estimate of drug-likeness (QED) is 0.805. The maximum Gasteiger partial charge on any atom is 0.131 e. The Hall–Kier alpha value is -0.960. The summed E-state index contributed by atoms with van der Waals surface area (Å²) in [5, 5.41) is 3.47. The van der Waals surface area contributed by atoms with Gasteiger partial charge in [0.15, 0.2) is 0 Å². The van der Waals surface area contributed by atoms with Crippen molar-refractivity contribution >= 4 is 0 Å². The van der Waals surface area contributed by atoms with E-state index in [1.54, 1.807) is 0 Å². The van der Waals surface area contributed by atoms with Gasteiger partial charge in [-0.2, -0.15) is 0 Å². The zero-order valence-corrected chi connectivity index (χ0v) is 12.5. The van der Waals surface area contributed by atoms with Gasteiger partial charge in [-0.25, -0.2) is 9.97 Å². The van der Waals surface area contributed by atoms with E-state index in [0.29, 0.717) is 11.8 Å². The number of hydrogen-bond donors (Lipinski definition) is 1. The van der Waals surface area contributed by atoms with Crippen LogP contribution in [0.25, 0.3) is 0 Å². The van der Waals surface area contributed by atoms with Gasteiger partial charge in [-0.05, 0) is 18.9 Å². The average molecular weight is 249 g/mol. The molecule has 0 aliphatic heterocycles. The second-order valence-electron chi connectivity index (χ2n) is 5.63. The van der Waals surface area contributed by atoms with Crippen molar-refractivity contribution in [2.75, 3.05) is 6.54 Å². The van der Waals surface area contributed by atoms with Gasteiger partial charge in [0.1, 0.15) is 5.82 Å². The highest BCUT2D eigenvalue weighted by Crippen LogP contribution is 2.13. The summed E-state index contributed by atoms with van der Waals surface area (Å²) in [6, 6.07) is 0. The molecular formula is C15H27N3. The monoisotopic (exact) mass is 249 g/mol. The lowest BCUT2D eigenvalue weighted by Gasteiger charge is -2.13. The van der Waals surface area contributed by atoms with Gasteiger partial charge in [-0.15, -0.1) is 0 Å². The molecule has 0 aromatic carbocycles. The predicted molar refractivity (Wildman–Crippen MR) is 76.7 cm³/mol. The Morgan fingerprint density at radius 1 is 1.22 bits per heavy atom. The molecule has 0 bridgehead atoms. The van der Waals surface area contributed by atoms with E-state index in [4.69, 9.17) is 4.98 Å². The summed E-state index contributed by atoms with van der Waals surface area (Å²) in [6.07, 6.45) is 4.17. The molecular weight excluding hydrogens is 222 g/mol. The Bertz CT molecular complexity index is 359. The minimum Gasteiger partial charge on any atom is -0.312 e. The summed E-state index contributed by atoms with van der Waals surface area (Å²) >= 11 is 0. The summed E-state index contributed by atoms with van der Waals surface area (Å²) in [5.41, 5.74) is 2.47. The van der Waals surface area contributed by atoms with Crippen molar-refractivity contribution in [3.8, 4) is 0 Å². The first-order valence-corrected chi connectivity index (χ1v) is 7.10. The first kappa shape index (κ1) is 15.1. The number of aryl methyl sites for hydroxylation is 1. The Balaban J connectivity index is 2.76. The van der Waals surface area contributed by atoms with Gasteiger partial charge in [0.05, 0.1) is 0 Å². The Morgan fingerprint density at radius 2 is 1.94 bits per heavy atom. The fourth-order valence-electron chi connectivity index (χ4n) is 1.83. The van der Waals surface area contributed by atoms with Gasteiger partial charge in [0.2, 0.25) is 0 Å². The summed E-state index contributed by atoms with van der Waals surface area (Å²) in [6.45, 7) is 12.8. The Morgan fingerprint density at radius 3 is 2.50 bits per heavy atom. The third kappa shape index (κ3) is 4.73. The lowest BCUT2D eigenvalue weighted by atomic mass is 10.1. The first-order valence-electron chi connectivity index (χ1n) is 7.10. The second kappa shape index (κ2) is 7.47. The smallest absolute Gasteiger partial charge is 0.131 e. The van der Waals surface area contributed by atoms with Crippen LogP contribution in [0.15, 0.2) is 6.20 Å². The normalized spacial score (nSPS) is 11.5. The van der Waals surface area contributed by atoms with Crippen LogP contribution in [-0.4, -0.2) is 16.5 Å². The van der Waals surface area contributed by atoms with Crippen LogP contribution in [0.4, 0.5) is 0 Å². The molecule has 1 aromatic rings. The number of nitrogens with zero attached hydrogens (tertiary/aromatic N) is 2. The lowest BCUT2D eigenvalue weighted by Crippen LogP contribution is -2.20. The molecule has 0 aliphatic rings. The molecule has 1 heterocycles. The van der Waals surface area contributed by atoms with E-state index in [0.717, 1.165) is 31.8 Å². The first-order chi connectivity index (χ1) is 8.54. The number of nitrogens with one attached hydrogen (secondary N) is 1. The molecule has 1 aromatic heterocycles. The minimum absolute atomic E-state index is 0.401. The standard InChI is InChI=1S/C15H27N3/c1-6-7-14-13(9-16-8-11(2)3)10-17-15(18-14)12(4)5/h10-12,16H,6-9H2,1-5H3. The average Bonchev–Trinajstić information content (AvgIpc) is 2.30. The van der Waals surface area contributed by atoms with Gasteiger partial charge in [0.25, 0.3) is 0 Å². The van der Waals surface area contributed by atoms with Gasteiger partial charge in [-0.1, -0.05) is 41.0 Å². The maximum absolute atomic E-state index is 4.71. The van der Waals surface area contributed by atoms with Crippen LogP contribution in [0.2, 0.25) is 0 Å². The summed E-state index contributed by atoms with van der Waals surface area (Å²) in [4.78, 5) is 9.18. The highest BCUT2D eigenvalue weighted by molar-refractivity contribution is 5.18. The van der Waals surface area contributed by atoms with Crippen molar-refractivity contribution in [3.05, 3.63) is 23.3 Å². The SMILES string of the molecule is CCCc1nc(C(C)C)ncc1CNCC(C)C. The van der Waals surface area contributed by atoms with Crippen LogP contribution in [0, 0.1) is 5.92 Å². The van der Waals surface area contributed by atoms with Crippen molar-refractivity contribution < 1.29 is 0 Å². The third-order valence-electron chi connectivity index (χ3n) is 2.84. The highest BCUT2D eigenvalue weighted by atomic mass is 14.9. The van der Waals surface area contributed by atoms with Gasteiger partial charge < -0.3 is 5.32 Å². The summed E-state index contributed by atoms with van der Waals surface area (Å²) < 4.78 is 0. The van der Waals surface area contributed by atoms with Crippen molar-refractivity contribution in [1.82, 2.24) is 15.3 Å². The van der Waals surface area contributed by atoms with Crippen LogP contribution in [0.3, 0.4) is 0 Å². The molecule has 0 atom stereocenters. The Kier molecular flexibility index (Phi) is 6.27. The van der Waals surface area contributed by atoms with E-state index in [-0.39, 0.29) is 0 Å². The molecule has 0 fully saturated rings. The fourth-order valence-corrected chi connectivity index (χ4v) is 1.83. The van der Waals surface area contributed by atoms with E-state index in [1.165, 1.54) is 11.3 Å². The molecule has 0 radical (unpaired) electrons. The minimum atomic E-state index is 0.401. The van der Waals surface area contributed by atoms with E-state index in [9.17, 15) is 0 Å². The molecule has 0 amide bonds. The van der Waals surface area contributed by atoms with Gasteiger partial charge in [0, 0.05) is 29.9 Å². The number of aromatic nitrogens is 2. The third-order valence-corrected chi connectivity index (χ3v) is 2.84. The fraction of sp³-hybridized carbons (Fsp3) is 0.733. The van der Waals surface area contributed by atoms with Gasteiger partial charge in [-0.3, -0.25) is 0 Å². The Labute approximate surface area is 111 Å². The number of rotatable bonds is 7. The topological polar surface area (TPSA) is 37.8 Å². The van der Waals surface area contributed by atoms with E-state index < -0.39 is 0 Å². The molecule has 0 aliphatic carbocycles. The van der Waals surface area contributed by atoms with Crippen molar-refractivity contribution in [2.24, 2.45) is 5.92 Å². The van der Waals surface area contributed by atoms with Crippen molar-refractivity contribution in [3.63, 3.8) is 0 Å². The molecule has 0 saturated carbocycles.